The van der Waals surface area contributed by atoms with E-state index in [-0.39, 0.29) is 12.3 Å². The van der Waals surface area contributed by atoms with Crippen molar-refractivity contribution in [2.24, 2.45) is 5.29 Å². The molecule has 1 aliphatic heterocycles. The molecule has 0 unspecified atom stereocenters. The van der Waals surface area contributed by atoms with Crippen LogP contribution in [0.4, 0.5) is 17.1 Å². The number of nitroso groups, excluding NO2 is 1. The summed E-state index contributed by atoms with van der Waals surface area (Å²) in [5, 5.41) is 9.34. The van der Waals surface area contributed by atoms with Gasteiger partial charge in [0.2, 0.25) is 11.8 Å². The Morgan fingerprint density at radius 2 is 1.83 bits per heavy atom. The molecule has 116 valence electrons. The standard InChI is InChI=1S/C16H14N4O3/c21-15(17-11-6-2-1-3-7-11)10-14-16(22)18-12-8-4-5-9-13(12)20(14)19-23/h1-9,14H,10H2,(H,17,21)(H,18,22)/t14-/m1/s1. The van der Waals surface area contributed by atoms with E-state index >= 15 is 0 Å². The molecule has 0 spiro atoms. The van der Waals surface area contributed by atoms with E-state index in [2.05, 4.69) is 15.9 Å². The first-order valence-corrected chi connectivity index (χ1v) is 7.06. The van der Waals surface area contributed by atoms with E-state index in [1.807, 2.05) is 6.07 Å². The lowest BCUT2D eigenvalue weighted by atomic mass is 10.1. The van der Waals surface area contributed by atoms with Gasteiger partial charge in [0.05, 0.1) is 23.1 Å². The van der Waals surface area contributed by atoms with Crippen LogP contribution in [0.3, 0.4) is 0 Å². The van der Waals surface area contributed by atoms with Crippen molar-refractivity contribution in [1.29, 1.82) is 0 Å². The first kappa shape index (κ1) is 14.7. The minimum Gasteiger partial charge on any atom is -0.326 e. The van der Waals surface area contributed by atoms with Gasteiger partial charge in [-0.2, -0.15) is 0 Å². The van der Waals surface area contributed by atoms with Crippen LogP contribution >= 0.6 is 0 Å². The zero-order chi connectivity index (χ0) is 16.2. The topological polar surface area (TPSA) is 90.9 Å². The molecule has 2 N–H and O–H groups in total. The smallest absolute Gasteiger partial charge is 0.249 e. The fraction of sp³-hybridized carbons (Fsp3) is 0.125. The van der Waals surface area contributed by atoms with E-state index in [0.717, 1.165) is 5.01 Å². The molecular weight excluding hydrogens is 296 g/mol. The Balaban J connectivity index is 1.78. The number of carbonyl (C=O) groups excluding carboxylic acids is 2. The summed E-state index contributed by atoms with van der Waals surface area (Å²) in [6, 6.07) is 14.7. The van der Waals surface area contributed by atoms with Gasteiger partial charge in [0.25, 0.3) is 0 Å². The largest absolute Gasteiger partial charge is 0.326 e. The first-order valence-electron chi connectivity index (χ1n) is 7.06. The minimum atomic E-state index is -0.980. The number of benzene rings is 2. The molecule has 23 heavy (non-hydrogen) atoms. The van der Waals surface area contributed by atoms with E-state index in [0.29, 0.717) is 17.1 Å². The van der Waals surface area contributed by atoms with Crippen molar-refractivity contribution in [2.75, 3.05) is 15.6 Å². The van der Waals surface area contributed by atoms with Gasteiger partial charge < -0.3 is 10.6 Å². The van der Waals surface area contributed by atoms with Crippen LogP contribution in [0.2, 0.25) is 0 Å². The highest BCUT2D eigenvalue weighted by Gasteiger charge is 2.35. The van der Waals surface area contributed by atoms with E-state index in [1.165, 1.54) is 0 Å². The summed E-state index contributed by atoms with van der Waals surface area (Å²) in [5.41, 5.74) is 1.59. The predicted molar refractivity (Wildman–Crippen MR) is 86.8 cm³/mol. The molecule has 3 rings (SSSR count). The number of amides is 2. The van der Waals surface area contributed by atoms with Crippen molar-refractivity contribution in [2.45, 2.75) is 12.5 Å². The number of nitrogens with one attached hydrogen (secondary N) is 2. The molecule has 0 saturated heterocycles. The zero-order valence-corrected chi connectivity index (χ0v) is 12.1. The zero-order valence-electron chi connectivity index (χ0n) is 12.1. The Morgan fingerprint density at radius 1 is 1.13 bits per heavy atom. The molecule has 0 aliphatic carbocycles. The van der Waals surface area contributed by atoms with Crippen molar-refractivity contribution in [1.82, 2.24) is 0 Å². The molecule has 1 heterocycles. The van der Waals surface area contributed by atoms with Crippen LogP contribution in [0, 0.1) is 4.91 Å². The lowest BCUT2D eigenvalue weighted by Gasteiger charge is -2.31. The summed E-state index contributed by atoms with van der Waals surface area (Å²) < 4.78 is 0. The second kappa shape index (κ2) is 6.27. The number of hydrogen-bond donors (Lipinski definition) is 2. The molecule has 7 nitrogen and oxygen atoms in total. The number of anilines is 3. The van der Waals surface area contributed by atoms with Crippen LogP contribution < -0.4 is 15.6 Å². The summed E-state index contributed by atoms with van der Waals surface area (Å²) in [4.78, 5) is 35.5. The molecular formula is C16H14N4O3. The number of fused-ring (bicyclic) bond motifs is 1. The van der Waals surface area contributed by atoms with Gasteiger partial charge in [-0.15, -0.1) is 4.91 Å². The molecule has 0 fully saturated rings. The van der Waals surface area contributed by atoms with E-state index in [1.54, 1.807) is 48.5 Å². The number of nitrogens with zero attached hydrogens (tertiary/aromatic N) is 2. The summed E-state index contributed by atoms with van der Waals surface area (Å²) in [6.45, 7) is 0. The van der Waals surface area contributed by atoms with Crippen LogP contribution in [-0.2, 0) is 9.59 Å². The highest BCUT2D eigenvalue weighted by Crippen LogP contribution is 2.32. The van der Waals surface area contributed by atoms with Crippen LogP contribution in [0.15, 0.2) is 59.9 Å². The average Bonchev–Trinajstić information content (AvgIpc) is 2.56. The van der Waals surface area contributed by atoms with Crippen molar-refractivity contribution in [3.63, 3.8) is 0 Å². The molecule has 1 atom stereocenters. The first-order chi connectivity index (χ1) is 11.2. The van der Waals surface area contributed by atoms with Gasteiger partial charge in [-0.3, -0.25) is 9.59 Å². The minimum absolute atomic E-state index is 0.180. The second-order valence-corrected chi connectivity index (χ2v) is 5.07. The van der Waals surface area contributed by atoms with E-state index < -0.39 is 11.9 Å². The van der Waals surface area contributed by atoms with Gasteiger partial charge >= 0.3 is 0 Å². The Bertz CT molecular complexity index is 748. The van der Waals surface area contributed by atoms with Crippen LogP contribution in [-0.4, -0.2) is 17.9 Å². The fourth-order valence-corrected chi connectivity index (χ4v) is 2.46. The second-order valence-electron chi connectivity index (χ2n) is 5.07. The monoisotopic (exact) mass is 310 g/mol. The van der Waals surface area contributed by atoms with Gasteiger partial charge in [-0.25, -0.2) is 5.01 Å². The van der Waals surface area contributed by atoms with Crippen molar-refractivity contribution < 1.29 is 9.59 Å². The van der Waals surface area contributed by atoms with Crippen molar-refractivity contribution in [3.8, 4) is 0 Å². The van der Waals surface area contributed by atoms with Crippen LogP contribution in [0.5, 0.6) is 0 Å². The number of para-hydroxylation sites is 3. The SMILES string of the molecule is O=NN1c2ccccc2NC(=O)[C@H]1CC(=O)Nc1ccccc1. The van der Waals surface area contributed by atoms with Crippen molar-refractivity contribution in [3.05, 3.63) is 59.5 Å². The van der Waals surface area contributed by atoms with Gasteiger partial charge in [0.1, 0.15) is 6.04 Å². The molecule has 0 saturated carbocycles. The maximum Gasteiger partial charge on any atom is 0.249 e. The lowest BCUT2D eigenvalue weighted by Crippen LogP contribution is -2.47. The van der Waals surface area contributed by atoms with E-state index in [4.69, 9.17) is 0 Å². The van der Waals surface area contributed by atoms with Crippen LogP contribution in [0.25, 0.3) is 0 Å². The fourth-order valence-electron chi connectivity index (χ4n) is 2.46. The quantitative estimate of drug-likeness (QED) is 0.849. The van der Waals surface area contributed by atoms with Gasteiger partial charge in [-0.1, -0.05) is 30.3 Å². The summed E-state index contributed by atoms with van der Waals surface area (Å²) >= 11 is 0. The summed E-state index contributed by atoms with van der Waals surface area (Å²) in [7, 11) is 0. The number of carbonyl (C=O) groups is 2. The van der Waals surface area contributed by atoms with Gasteiger partial charge in [0.15, 0.2) is 0 Å². The maximum absolute atomic E-state index is 12.2. The molecule has 7 heteroatoms. The maximum atomic E-state index is 12.2. The van der Waals surface area contributed by atoms with Crippen molar-refractivity contribution >= 4 is 28.9 Å². The molecule has 0 bridgehead atoms. The summed E-state index contributed by atoms with van der Waals surface area (Å²) in [5.74, 6) is -0.809. The highest BCUT2D eigenvalue weighted by atomic mass is 16.3. The molecule has 2 aromatic rings. The average molecular weight is 310 g/mol. The summed E-state index contributed by atoms with van der Waals surface area (Å²) in [6.07, 6.45) is -0.180. The van der Waals surface area contributed by atoms with Gasteiger partial charge in [0, 0.05) is 5.69 Å². The lowest BCUT2D eigenvalue weighted by molar-refractivity contribution is -0.122. The number of hydrogen-bond acceptors (Lipinski definition) is 4. The van der Waals surface area contributed by atoms with Gasteiger partial charge in [-0.05, 0) is 24.3 Å². The molecule has 1 aliphatic rings. The Kier molecular flexibility index (Phi) is 4.01. The molecule has 2 amide bonds. The highest BCUT2D eigenvalue weighted by molar-refractivity contribution is 6.06. The third kappa shape index (κ3) is 3.03. The third-order valence-electron chi connectivity index (χ3n) is 3.53. The molecule has 0 aromatic heterocycles. The molecule has 0 radical (unpaired) electrons. The number of rotatable bonds is 4. The van der Waals surface area contributed by atoms with E-state index in [9.17, 15) is 14.5 Å². The van der Waals surface area contributed by atoms with Crippen LogP contribution in [0.1, 0.15) is 6.42 Å². The normalized spacial score (nSPS) is 16.3. The molecule has 2 aromatic carbocycles. The Labute approximate surface area is 132 Å². The predicted octanol–water partition coefficient (Wildman–Crippen LogP) is 2.52. The third-order valence-corrected chi connectivity index (χ3v) is 3.53. The Morgan fingerprint density at radius 3 is 2.57 bits per heavy atom. The Hall–Kier alpha value is -3.22.